The van der Waals surface area contributed by atoms with Crippen LogP contribution in [0.1, 0.15) is 0 Å². The second-order valence-corrected chi connectivity index (χ2v) is 3.00. The molecule has 1 rings (SSSR count). The number of aliphatic hydroxyl groups excluding tert-OH is 1. The first-order valence-electron chi connectivity index (χ1n) is 3.72. The third-order valence-corrected chi connectivity index (χ3v) is 1.87. The van der Waals surface area contributed by atoms with Gasteiger partial charge in [-0.2, -0.15) is 0 Å². The molecule has 76 valence electrons. The molecule has 1 saturated heterocycles. The topological polar surface area (TPSA) is 53.5 Å². The van der Waals surface area contributed by atoms with E-state index in [2.05, 4.69) is 22.9 Å². The average Bonchev–Trinajstić information content (AvgIpc) is 2.47. The van der Waals surface area contributed by atoms with Gasteiger partial charge in [-0.3, -0.25) is 5.32 Å². The molecule has 0 aliphatic carbocycles. The van der Waals surface area contributed by atoms with Crippen LogP contribution in [0, 0.1) is 0 Å². The van der Waals surface area contributed by atoms with E-state index in [0.717, 1.165) is 0 Å². The summed E-state index contributed by atoms with van der Waals surface area (Å²) in [6.07, 6.45) is -3.98. The Hall–Kier alpha value is -0.370. The van der Waals surface area contributed by atoms with Crippen molar-refractivity contribution in [2.24, 2.45) is 0 Å². The van der Waals surface area contributed by atoms with E-state index in [-0.39, 0.29) is 12.6 Å². The monoisotopic (exact) mass is 212 g/mol. The van der Waals surface area contributed by atoms with Crippen LogP contribution < -0.4 is 10.6 Å². The Morgan fingerprint density at radius 3 is 2.92 bits per heavy atom. The fourth-order valence-electron chi connectivity index (χ4n) is 0.923. The van der Waals surface area contributed by atoms with Crippen molar-refractivity contribution in [3.05, 3.63) is 0 Å². The second kappa shape index (κ2) is 4.75. The molecule has 1 fully saturated rings. The van der Waals surface area contributed by atoms with Crippen LogP contribution in [-0.4, -0.2) is 42.1 Å². The van der Waals surface area contributed by atoms with Crippen LogP contribution in [0.15, 0.2) is 0 Å². The van der Waals surface area contributed by atoms with Crippen LogP contribution in [0.2, 0.25) is 0 Å². The summed E-state index contributed by atoms with van der Waals surface area (Å²) in [5.74, 6) is 0. The van der Waals surface area contributed by atoms with E-state index in [0.29, 0.717) is 6.54 Å². The summed E-state index contributed by atoms with van der Waals surface area (Å²) in [5.41, 5.74) is 0. The van der Waals surface area contributed by atoms with Gasteiger partial charge in [0.15, 0.2) is 0 Å². The van der Waals surface area contributed by atoms with Crippen LogP contribution in [0.4, 0.5) is 8.78 Å². The van der Waals surface area contributed by atoms with E-state index < -0.39 is 17.8 Å². The highest BCUT2D eigenvalue weighted by molar-refractivity contribution is 7.80. The molecule has 0 spiro atoms. The largest absolute Gasteiger partial charge is 0.372 e. The summed E-state index contributed by atoms with van der Waals surface area (Å²) < 4.78 is 28.6. The molecule has 3 N–H and O–H groups in total. The first kappa shape index (κ1) is 10.7. The zero-order chi connectivity index (χ0) is 9.84. The van der Waals surface area contributed by atoms with E-state index in [4.69, 9.17) is 9.84 Å². The Balaban J connectivity index is 2.16. The molecule has 1 aliphatic heterocycles. The van der Waals surface area contributed by atoms with Gasteiger partial charge in [0.2, 0.25) is 6.41 Å². The summed E-state index contributed by atoms with van der Waals surface area (Å²) in [6, 6.07) is 0. The van der Waals surface area contributed by atoms with Crippen molar-refractivity contribution >= 4 is 17.2 Å². The van der Waals surface area contributed by atoms with Crippen LogP contribution in [0.5, 0.6) is 0 Å². The fraction of sp³-hybridized carbons (Fsp3) is 0.833. The third-order valence-electron chi connectivity index (χ3n) is 1.54. The Kier molecular flexibility index (Phi) is 3.91. The maximum absolute atomic E-state index is 11.9. The van der Waals surface area contributed by atoms with Gasteiger partial charge < -0.3 is 15.2 Å². The standard InChI is InChI=1S/C6H10F2N2O2S/c7-4(8)5(13)9-1-3-2-10-6(11)12-3/h3-4,6,10-11H,1-2H2,(H,9,13). The highest BCUT2D eigenvalue weighted by Crippen LogP contribution is 2.01. The van der Waals surface area contributed by atoms with Crippen LogP contribution in [0.25, 0.3) is 0 Å². The molecular formula is C6H10F2N2O2S. The zero-order valence-electron chi connectivity index (χ0n) is 6.67. The highest BCUT2D eigenvalue weighted by Gasteiger charge is 2.23. The number of hydrogen-bond donors (Lipinski definition) is 3. The number of thiocarbonyl (C=S) groups is 1. The van der Waals surface area contributed by atoms with Crippen molar-refractivity contribution in [2.75, 3.05) is 13.1 Å². The number of alkyl halides is 2. The van der Waals surface area contributed by atoms with Gasteiger partial charge in [-0.15, -0.1) is 0 Å². The van der Waals surface area contributed by atoms with Crippen molar-refractivity contribution in [1.82, 2.24) is 10.6 Å². The lowest BCUT2D eigenvalue weighted by molar-refractivity contribution is -0.0980. The summed E-state index contributed by atoms with van der Waals surface area (Å²) in [6.45, 7) is 0.591. The predicted molar refractivity (Wildman–Crippen MR) is 45.5 cm³/mol. The molecule has 0 bridgehead atoms. The SMILES string of the molecule is OC1NCC(CNC(=S)C(F)F)O1. The number of nitrogens with one attached hydrogen (secondary N) is 2. The number of ether oxygens (including phenoxy) is 1. The lowest BCUT2D eigenvalue weighted by Gasteiger charge is -2.11. The third kappa shape index (κ3) is 3.47. The van der Waals surface area contributed by atoms with Crippen molar-refractivity contribution in [1.29, 1.82) is 0 Å². The molecule has 0 radical (unpaired) electrons. The second-order valence-electron chi connectivity index (χ2n) is 2.56. The average molecular weight is 212 g/mol. The van der Waals surface area contributed by atoms with Gasteiger partial charge in [-0.1, -0.05) is 12.2 Å². The number of hydrogen-bond acceptors (Lipinski definition) is 4. The minimum absolute atomic E-state index is 0.174. The molecule has 2 unspecified atom stereocenters. The first-order chi connectivity index (χ1) is 6.09. The maximum Gasteiger partial charge on any atom is 0.288 e. The molecule has 0 saturated carbocycles. The highest BCUT2D eigenvalue weighted by atomic mass is 32.1. The van der Waals surface area contributed by atoms with E-state index >= 15 is 0 Å². The van der Waals surface area contributed by atoms with Gasteiger partial charge >= 0.3 is 0 Å². The van der Waals surface area contributed by atoms with E-state index in [1.165, 1.54) is 0 Å². The molecule has 0 aromatic heterocycles. The Morgan fingerprint density at radius 2 is 2.46 bits per heavy atom. The first-order valence-corrected chi connectivity index (χ1v) is 4.13. The maximum atomic E-state index is 11.9. The number of aliphatic hydroxyl groups is 1. The van der Waals surface area contributed by atoms with Crippen molar-refractivity contribution in [2.45, 2.75) is 18.9 Å². The zero-order valence-corrected chi connectivity index (χ0v) is 7.48. The molecule has 0 amide bonds. The summed E-state index contributed by atoms with van der Waals surface area (Å²) in [4.78, 5) is -0.495. The smallest absolute Gasteiger partial charge is 0.288 e. The summed E-state index contributed by atoms with van der Waals surface area (Å²) >= 11 is 4.34. The van der Waals surface area contributed by atoms with Gasteiger partial charge in [-0.05, 0) is 0 Å². The number of rotatable bonds is 3. The molecule has 1 heterocycles. The van der Waals surface area contributed by atoms with Crippen LogP contribution in [0.3, 0.4) is 0 Å². The molecule has 0 aromatic carbocycles. The molecule has 2 atom stereocenters. The fourth-order valence-corrected chi connectivity index (χ4v) is 1.01. The summed E-state index contributed by atoms with van der Waals surface area (Å²) in [7, 11) is 0. The van der Waals surface area contributed by atoms with Gasteiger partial charge in [0, 0.05) is 13.1 Å². The molecule has 7 heteroatoms. The van der Waals surface area contributed by atoms with Crippen LogP contribution >= 0.6 is 12.2 Å². The summed E-state index contributed by atoms with van der Waals surface area (Å²) in [5, 5.41) is 13.8. The van der Waals surface area contributed by atoms with Gasteiger partial charge in [0.05, 0.1) is 6.10 Å². The van der Waals surface area contributed by atoms with Gasteiger partial charge in [0.25, 0.3) is 6.43 Å². The van der Waals surface area contributed by atoms with Crippen LogP contribution in [-0.2, 0) is 4.74 Å². The Labute approximate surface area is 79.3 Å². The molecule has 13 heavy (non-hydrogen) atoms. The lowest BCUT2D eigenvalue weighted by Crippen LogP contribution is -2.36. The lowest BCUT2D eigenvalue weighted by atomic mass is 10.3. The van der Waals surface area contributed by atoms with Crippen molar-refractivity contribution in [3.63, 3.8) is 0 Å². The Morgan fingerprint density at radius 1 is 1.77 bits per heavy atom. The molecule has 1 aliphatic rings. The van der Waals surface area contributed by atoms with E-state index in [9.17, 15) is 8.78 Å². The quantitative estimate of drug-likeness (QED) is 0.547. The number of halogens is 2. The van der Waals surface area contributed by atoms with Gasteiger partial charge in [-0.25, -0.2) is 8.78 Å². The normalized spacial score (nSPS) is 28.0. The van der Waals surface area contributed by atoms with E-state index in [1.54, 1.807) is 0 Å². The van der Waals surface area contributed by atoms with E-state index in [1.807, 2.05) is 0 Å². The minimum atomic E-state index is -2.64. The Bertz CT molecular complexity index is 193. The van der Waals surface area contributed by atoms with Gasteiger partial charge in [0.1, 0.15) is 4.99 Å². The minimum Gasteiger partial charge on any atom is -0.372 e. The predicted octanol–water partition coefficient (Wildman–Crippen LogP) is -0.567. The molecular weight excluding hydrogens is 202 g/mol. The molecule has 4 nitrogen and oxygen atoms in total. The van der Waals surface area contributed by atoms with Crippen molar-refractivity contribution < 1.29 is 18.6 Å². The molecule has 0 aromatic rings. The van der Waals surface area contributed by atoms with Crippen molar-refractivity contribution in [3.8, 4) is 0 Å².